The maximum atomic E-state index is 10.9. The molecule has 0 aliphatic carbocycles. The van der Waals surface area contributed by atoms with Gasteiger partial charge in [0.15, 0.2) is 0 Å². The first kappa shape index (κ1) is 14.7. The Bertz CT molecular complexity index is 215. The molecular formula is C7H13N3O4. The largest absolute Gasteiger partial charge is 0.342 e. The first-order valence-corrected chi connectivity index (χ1v) is 3.97. The van der Waals surface area contributed by atoms with Crippen molar-refractivity contribution in [3.05, 3.63) is 10.1 Å². The third-order valence-corrected chi connectivity index (χ3v) is 1.35. The summed E-state index contributed by atoms with van der Waals surface area (Å²) in [6.07, 6.45) is 0.00167. The number of nitrogens with zero attached hydrogens (tertiary/aromatic N) is 3. The van der Waals surface area contributed by atoms with Crippen molar-refractivity contribution in [2.75, 3.05) is 13.1 Å². The van der Waals surface area contributed by atoms with Gasteiger partial charge in [-0.15, -0.1) is 10.1 Å². The second-order valence-corrected chi connectivity index (χ2v) is 2.14. The standard InChI is InChI=1S/C7H12N2O.HNO3/c1-3-9(4-2)7(10)5-6-8;2-1(3)4/h3-5H2,1-2H3;(H,2,3,4). The molecule has 0 aliphatic rings. The van der Waals surface area contributed by atoms with Gasteiger partial charge in [0.25, 0.3) is 5.09 Å². The van der Waals surface area contributed by atoms with Crippen LogP contribution in [0.5, 0.6) is 0 Å². The average Bonchev–Trinajstić information content (AvgIpc) is 2.06. The van der Waals surface area contributed by atoms with E-state index in [1.807, 2.05) is 19.9 Å². The van der Waals surface area contributed by atoms with Gasteiger partial charge in [0.05, 0.1) is 6.07 Å². The average molecular weight is 203 g/mol. The third-order valence-electron chi connectivity index (χ3n) is 1.35. The van der Waals surface area contributed by atoms with Crippen LogP contribution in [0, 0.1) is 21.4 Å². The molecule has 1 N–H and O–H groups in total. The van der Waals surface area contributed by atoms with Crippen molar-refractivity contribution in [2.45, 2.75) is 20.3 Å². The molecule has 7 nitrogen and oxygen atoms in total. The Morgan fingerprint density at radius 2 is 1.93 bits per heavy atom. The van der Waals surface area contributed by atoms with E-state index in [-0.39, 0.29) is 12.3 Å². The van der Waals surface area contributed by atoms with Crippen LogP contribution < -0.4 is 0 Å². The van der Waals surface area contributed by atoms with Crippen LogP contribution in [-0.4, -0.2) is 34.2 Å². The Balaban J connectivity index is 0. The van der Waals surface area contributed by atoms with Crippen molar-refractivity contribution in [1.82, 2.24) is 4.90 Å². The minimum atomic E-state index is -1.50. The van der Waals surface area contributed by atoms with Gasteiger partial charge in [0, 0.05) is 13.1 Å². The maximum absolute atomic E-state index is 10.9. The van der Waals surface area contributed by atoms with Crippen molar-refractivity contribution < 1.29 is 15.1 Å². The summed E-state index contributed by atoms with van der Waals surface area (Å²) in [7, 11) is 0. The Kier molecular flexibility index (Phi) is 9.69. The molecule has 14 heavy (non-hydrogen) atoms. The number of carbonyl (C=O) groups excluding carboxylic acids is 1. The normalized spacial score (nSPS) is 7.79. The number of hydrogen-bond acceptors (Lipinski definition) is 4. The van der Waals surface area contributed by atoms with Crippen molar-refractivity contribution in [2.24, 2.45) is 0 Å². The number of nitriles is 1. The van der Waals surface area contributed by atoms with Crippen LogP contribution in [0.4, 0.5) is 0 Å². The van der Waals surface area contributed by atoms with E-state index in [1.54, 1.807) is 4.90 Å². The van der Waals surface area contributed by atoms with E-state index in [0.717, 1.165) is 0 Å². The summed E-state index contributed by atoms with van der Waals surface area (Å²) in [5.74, 6) is -0.0764. The van der Waals surface area contributed by atoms with Gasteiger partial charge in [0.2, 0.25) is 5.91 Å². The van der Waals surface area contributed by atoms with Crippen LogP contribution in [-0.2, 0) is 4.79 Å². The molecule has 0 aromatic heterocycles. The van der Waals surface area contributed by atoms with E-state index in [1.165, 1.54) is 0 Å². The molecule has 0 spiro atoms. The lowest BCUT2D eigenvalue weighted by Gasteiger charge is -2.16. The summed E-state index contributed by atoms with van der Waals surface area (Å²) in [6, 6.07) is 1.83. The van der Waals surface area contributed by atoms with Crippen molar-refractivity contribution in [3.8, 4) is 6.07 Å². The lowest BCUT2D eigenvalue weighted by atomic mass is 10.4. The van der Waals surface area contributed by atoms with Crippen LogP contribution in [0.15, 0.2) is 0 Å². The predicted octanol–water partition coefficient (Wildman–Crippen LogP) is 0.421. The molecule has 0 heterocycles. The summed E-state index contributed by atoms with van der Waals surface area (Å²) < 4.78 is 0. The molecule has 0 aliphatic heterocycles. The summed E-state index contributed by atoms with van der Waals surface area (Å²) >= 11 is 0. The van der Waals surface area contributed by atoms with Gasteiger partial charge in [-0.3, -0.25) is 4.79 Å². The highest BCUT2D eigenvalue weighted by molar-refractivity contribution is 5.78. The Hall–Kier alpha value is -1.84. The first-order valence-electron chi connectivity index (χ1n) is 3.97. The van der Waals surface area contributed by atoms with Crippen LogP contribution in [0.2, 0.25) is 0 Å². The highest BCUT2D eigenvalue weighted by Gasteiger charge is 2.06. The second-order valence-electron chi connectivity index (χ2n) is 2.14. The molecule has 0 atom stereocenters. The summed E-state index contributed by atoms with van der Waals surface area (Å²) in [5, 5.41) is 21.8. The van der Waals surface area contributed by atoms with Gasteiger partial charge in [-0.1, -0.05) is 0 Å². The maximum Gasteiger partial charge on any atom is 0.291 e. The number of rotatable bonds is 3. The zero-order valence-electron chi connectivity index (χ0n) is 8.13. The molecule has 7 heteroatoms. The summed E-state index contributed by atoms with van der Waals surface area (Å²) in [5.41, 5.74) is 0. The molecule has 1 amide bonds. The summed E-state index contributed by atoms with van der Waals surface area (Å²) in [4.78, 5) is 20.9. The molecule has 0 aromatic carbocycles. The van der Waals surface area contributed by atoms with E-state index in [2.05, 4.69) is 0 Å². The Morgan fingerprint density at radius 3 is 2.14 bits per heavy atom. The molecule has 0 aromatic rings. The van der Waals surface area contributed by atoms with Crippen molar-refractivity contribution >= 4 is 5.91 Å². The molecule has 0 bridgehead atoms. The van der Waals surface area contributed by atoms with Gasteiger partial charge in [-0.2, -0.15) is 5.26 Å². The van der Waals surface area contributed by atoms with Gasteiger partial charge < -0.3 is 10.1 Å². The Morgan fingerprint density at radius 1 is 1.57 bits per heavy atom. The smallest absolute Gasteiger partial charge is 0.291 e. The topological polar surface area (TPSA) is 107 Å². The fraction of sp³-hybridized carbons (Fsp3) is 0.714. The minimum absolute atomic E-state index is 0.00167. The van der Waals surface area contributed by atoms with Crippen LogP contribution in [0.3, 0.4) is 0 Å². The molecule has 0 radical (unpaired) electrons. The van der Waals surface area contributed by atoms with Gasteiger partial charge in [-0.25, -0.2) is 0 Å². The van der Waals surface area contributed by atoms with E-state index in [4.69, 9.17) is 20.6 Å². The fourth-order valence-electron chi connectivity index (χ4n) is 0.756. The fourth-order valence-corrected chi connectivity index (χ4v) is 0.756. The number of carbonyl (C=O) groups is 1. The van der Waals surface area contributed by atoms with E-state index >= 15 is 0 Å². The highest BCUT2D eigenvalue weighted by atomic mass is 16.9. The molecular weight excluding hydrogens is 190 g/mol. The quantitative estimate of drug-likeness (QED) is 0.528. The zero-order valence-corrected chi connectivity index (χ0v) is 8.13. The molecule has 0 saturated carbocycles. The van der Waals surface area contributed by atoms with Gasteiger partial charge >= 0.3 is 0 Å². The Labute approximate surface area is 81.6 Å². The minimum Gasteiger partial charge on any atom is -0.342 e. The van der Waals surface area contributed by atoms with Crippen molar-refractivity contribution in [3.63, 3.8) is 0 Å². The van der Waals surface area contributed by atoms with Gasteiger partial charge in [0.1, 0.15) is 6.42 Å². The zero-order chi connectivity index (χ0) is 11.6. The van der Waals surface area contributed by atoms with E-state index in [9.17, 15) is 4.79 Å². The van der Waals surface area contributed by atoms with Crippen LogP contribution in [0.1, 0.15) is 20.3 Å². The number of hydrogen-bond donors (Lipinski definition) is 1. The highest BCUT2D eigenvalue weighted by Crippen LogP contribution is 1.91. The van der Waals surface area contributed by atoms with Crippen molar-refractivity contribution in [1.29, 1.82) is 5.26 Å². The SMILES string of the molecule is CCN(CC)C(=O)CC#N.O=[N+]([O-])O. The summed E-state index contributed by atoms with van der Waals surface area (Å²) in [6.45, 7) is 5.19. The number of amides is 1. The molecule has 0 rings (SSSR count). The lowest BCUT2D eigenvalue weighted by molar-refractivity contribution is -0.742. The van der Waals surface area contributed by atoms with E-state index < -0.39 is 5.09 Å². The lowest BCUT2D eigenvalue weighted by Crippen LogP contribution is -2.29. The van der Waals surface area contributed by atoms with Crippen LogP contribution in [0.25, 0.3) is 0 Å². The van der Waals surface area contributed by atoms with E-state index in [0.29, 0.717) is 13.1 Å². The molecule has 0 saturated heterocycles. The first-order chi connectivity index (χ1) is 6.49. The third kappa shape index (κ3) is 10.2. The molecule has 80 valence electrons. The molecule has 0 unspecified atom stereocenters. The molecule has 0 fully saturated rings. The van der Waals surface area contributed by atoms with Gasteiger partial charge in [-0.05, 0) is 13.8 Å². The predicted molar refractivity (Wildman–Crippen MR) is 46.9 cm³/mol. The second kappa shape index (κ2) is 9.25. The monoisotopic (exact) mass is 203 g/mol. The van der Waals surface area contributed by atoms with Crippen LogP contribution >= 0.6 is 0 Å².